The maximum absolute atomic E-state index is 5.85. The van der Waals surface area contributed by atoms with Crippen LogP contribution in [0.2, 0.25) is 5.02 Å². The maximum Gasteiger partial charge on any atom is 0.138 e. The molecule has 0 aliphatic carbocycles. The average molecular weight is 294 g/mol. The molecule has 100 valence electrons. The Bertz CT molecular complexity index is 499. The lowest BCUT2D eigenvalue weighted by Gasteiger charge is -2.03. The van der Waals surface area contributed by atoms with Crippen LogP contribution in [0.1, 0.15) is 18.3 Å². The van der Waals surface area contributed by atoms with Crippen molar-refractivity contribution in [2.24, 2.45) is 0 Å². The predicted molar refractivity (Wildman–Crippen MR) is 80.4 cm³/mol. The van der Waals surface area contributed by atoms with Crippen LogP contribution in [-0.4, -0.2) is 16.5 Å². The van der Waals surface area contributed by atoms with Gasteiger partial charge in [-0.3, -0.25) is 0 Å². The van der Waals surface area contributed by atoms with Gasteiger partial charge in [0.2, 0.25) is 0 Å². The molecule has 0 spiro atoms. The van der Waals surface area contributed by atoms with Gasteiger partial charge < -0.3 is 5.32 Å². The molecule has 2 aromatic rings. The molecule has 19 heavy (non-hydrogen) atoms. The summed E-state index contributed by atoms with van der Waals surface area (Å²) < 4.78 is 0. The third-order valence-electron chi connectivity index (χ3n) is 2.52. The first-order valence-corrected chi connectivity index (χ1v) is 7.53. The number of hydrogen-bond acceptors (Lipinski definition) is 4. The van der Waals surface area contributed by atoms with Crippen molar-refractivity contribution >= 4 is 23.4 Å². The summed E-state index contributed by atoms with van der Waals surface area (Å²) in [5.41, 5.74) is 1.11. The van der Waals surface area contributed by atoms with E-state index in [1.807, 2.05) is 36.7 Å². The van der Waals surface area contributed by atoms with Gasteiger partial charge in [0, 0.05) is 34.4 Å². The Morgan fingerprint density at radius 3 is 2.47 bits per heavy atom. The fourth-order valence-electron chi connectivity index (χ4n) is 1.50. The summed E-state index contributed by atoms with van der Waals surface area (Å²) in [5, 5.41) is 4.01. The van der Waals surface area contributed by atoms with Crippen LogP contribution in [0.5, 0.6) is 0 Å². The van der Waals surface area contributed by atoms with Gasteiger partial charge in [-0.25, -0.2) is 9.97 Å². The number of nitrogens with one attached hydrogen (secondary N) is 1. The van der Waals surface area contributed by atoms with Crippen molar-refractivity contribution in [3.05, 3.63) is 53.1 Å². The van der Waals surface area contributed by atoms with Crippen LogP contribution >= 0.6 is 23.4 Å². The minimum Gasteiger partial charge on any atom is -0.313 e. The van der Waals surface area contributed by atoms with E-state index in [1.54, 1.807) is 11.8 Å². The second-order valence-electron chi connectivity index (χ2n) is 4.03. The van der Waals surface area contributed by atoms with E-state index in [0.717, 1.165) is 35.3 Å². The largest absolute Gasteiger partial charge is 0.313 e. The van der Waals surface area contributed by atoms with E-state index in [0.29, 0.717) is 0 Å². The molecule has 0 aliphatic heterocycles. The van der Waals surface area contributed by atoms with Gasteiger partial charge in [0.1, 0.15) is 5.82 Å². The van der Waals surface area contributed by atoms with Crippen molar-refractivity contribution in [1.82, 2.24) is 15.3 Å². The van der Waals surface area contributed by atoms with Crippen molar-refractivity contribution in [2.45, 2.75) is 24.1 Å². The normalized spacial score (nSPS) is 10.6. The highest BCUT2D eigenvalue weighted by Crippen LogP contribution is 2.22. The first-order valence-electron chi connectivity index (χ1n) is 6.17. The van der Waals surface area contributed by atoms with Gasteiger partial charge in [0.15, 0.2) is 0 Å². The molecule has 5 heteroatoms. The number of halogens is 1. The highest BCUT2D eigenvalue weighted by molar-refractivity contribution is 7.98. The third kappa shape index (κ3) is 4.82. The fraction of sp³-hybridized carbons (Fsp3) is 0.286. The Morgan fingerprint density at radius 1 is 1.16 bits per heavy atom. The standard InChI is InChI=1S/C14H16ClN3S/c1-2-16-7-11-8-17-14(18-9-11)10-19-13-5-3-12(15)4-6-13/h3-6,8-9,16H,2,7,10H2,1H3. The lowest BCUT2D eigenvalue weighted by atomic mass is 10.3. The smallest absolute Gasteiger partial charge is 0.138 e. The zero-order chi connectivity index (χ0) is 13.5. The molecule has 0 aliphatic rings. The second kappa shape index (κ2) is 7.48. The summed E-state index contributed by atoms with van der Waals surface area (Å²) in [6.45, 7) is 3.85. The molecule has 0 bridgehead atoms. The van der Waals surface area contributed by atoms with Crippen molar-refractivity contribution in [1.29, 1.82) is 0 Å². The van der Waals surface area contributed by atoms with Gasteiger partial charge in [-0.1, -0.05) is 18.5 Å². The topological polar surface area (TPSA) is 37.8 Å². The van der Waals surface area contributed by atoms with Crippen molar-refractivity contribution in [3.8, 4) is 0 Å². The SMILES string of the molecule is CCNCc1cnc(CSc2ccc(Cl)cc2)nc1. The molecule has 1 aromatic heterocycles. The van der Waals surface area contributed by atoms with Crippen molar-refractivity contribution in [2.75, 3.05) is 6.54 Å². The lowest BCUT2D eigenvalue weighted by molar-refractivity contribution is 0.719. The number of benzene rings is 1. The first-order chi connectivity index (χ1) is 9.28. The number of aromatic nitrogens is 2. The van der Waals surface area contributed by atoms with Gasteiger partial charge in [-0.15, -0.1) is 11.8 Å². The molecule has 0 amide bonds. The molecule has 0 atom stereocenters. The minimum absolute atomic E-state index is 0.758. The average Bonchev–Trinajstić information content (AvgIpc) is 2.46. The minimum atomic E-state index is 0.758. The molecule has 0 fully saturated rings. The number of hydrogen-bond donors (Lipinski definition) is 1. The van der Waals surface area contributed by atoms with Crippen LogP contribution in [0.25, 0.3) is 0 Å². The van der Waals surface area contributed by atoms with Crippen LogP contribution in [0.3, 0.4) is 0 Å². The zero-order valence-corrected chi connectivity index (χ0v) is 12.3. The summed E-state index contributed by atoms with van der Waals surface area (Å²) in [6, 6.07) is 7.80. The molecular formula is C14H16ClN3S. The van der Waals surface area contributed by atoms with Crippen molar-refractivity contribution in [3.63, 3.8) is 0 Å². The lowest BCUT2D eigenvalue weighted by Crippen LogP contribution is -2.12. The van der Waals surface area contributed by atoms with Crippen molar-refractivity contribution < 1.29 is 0 Å². The number of thioether (sulfide) groups is 1. The van der Waals surface area contributed by atoms with E-state index in [4.69, 9.17) is 11.6 Å². The molecule has 2 rings (SSSR count). The van der Waals surface area contributed by atoms with Gasteiger partial charge in [0.25, 0.3) is 0 Å². The monoisotopic (exact) mass is 293 g/mol. The highest BCUT2D eigenvalue weighted by atomic mass is 35.5. The molecule has 1 heterocycles. The van der Waals surface area contributed by atoms with Crippen LogP contribution in [0, 0.1) is 0 Å². The van der Waals surface area contributed by atoms with Crippen LogP contribution in [-0.2, 0) is 12.3 Å². The molecule has 0 saturated carbocycles. The number of rotatable bonds is 6. The molecule has 1 aromatic carbocycles. The summed E-state index contributed by atoms with van der Waals surface area (Å²) in [5.74, 6) is 1.61. The predicted octanol–water partition coefficient (Wildman–Crippen LogP) is 3.53. The first kappa shape index (κ1) is 14.3. The molecule has 3 nitrogen and oxygen atoms in total. The van der Waals surface area contributed by atoms with E-state index in [9.17, 15) is 0 Å². The Balaban J connectivity index is 1.87. The van der Waals surface area contributed by atoms with Crippen LogP contribution < -0.4 is 5.32 Å². The van der Waals surface area contributed by atoms with Gasteiger partial charge in [-0.05, 0) is 30.8 Å². The Labute approximate surface area is 122 Å². The second-order valence-corrected chi connectivity index (χ2v) is 5.52. The molecule has 0 saturated heterocycles. The summed E-state index contributed by atoms with van der Waals surface area (Å²) >= 11 is 7.55. The summed E-state index contributed by atoms with van der Waals surface area (Å²) in [6.07, 6.45) is 3.76. The maximum atomic E-state index is 5.85. The Kier molecular flexibility index (Phi) is 5.63. The molecule has 0 unspecified atom stereocenters. The van der Waals surface area contributed by atoms with E-state index < -0.39 is 0 Å². The molecule has 1 N–H and O–H groups in total. The van der Waals surface area contributed by atoms with E-state index in [2.05, 4.69) is 22.2 Å². The zero-order valence-electron chi connectivity index (χ0n) is 10.8. The Hall–Kier alpha value is -1.10. The van der Waals surface area contributed by atoms with Crippen LogP contribution in [0.4, 0.5) is 0 Å². The number of nitrogens with zero attached hydrogens (tertiary/aromatic N) is 2. The molecular weight excluding hydrogens is 278 g/mol. The van der Waals surface area contributed by atoms with E-state index in [-0.39, 0.29) is 0 Å². The Morgan fingerprint density at radius 2 is 1.84 bits per heavy atom. The fourth-order valence-corrected chi connectivity index (χ4v) is 2.39. The quantitative estimate of drug-likeness (QED) is 0.827. The highest BCUT2D eigenvalue weighted by Gasteiger charge is 2.00. The van der Waals surface area contributed by atoms with Gasteiger partial charge >= 0.3 is 0 Å². The van der Waals surface area contributed by atoms with Gasteiger partial charge in [-0.2, -0.15) is 0 Å². The van der Waals surface area contributed by atoms with E-state index >= 15 is 0 Å². The summed E-state index contributed by atoms with van der Waals surface area (Å²) in [7, 11) is 0. The summed E-state index contributed by atoms with van der Waals surface area (Å²) in [4.78, 5) is 9.90. The van der Waals surface area contributed by atoms with E-state index in [1.165, 1.54) is 4.90 Å². The third-order valence-corrected chi connectivity index (χ3v) is 3.78. The van der Waals surface area contributed by atoms with Gasteiger partial charge in [0.05, 0.1) is 5.75 Å². The molecule has 0 radical (unpaired) electrons. The van der Waals surface area contributed by atoms with Crippen LogP contribution in [0.15, 0.2) is 41.6 Å².